The summed E-state index contributed by atoms with van der Waals surface area (Å²) >= 11 is 1.82. The maximum atomic E-state index is 13.0. The Kier molecular flexibility index (Phi) is 5.66. The summed E-state index contributed by atoms with van der Waals surface area (Å²) in [6.45, 7) is 1.55. The second kappa shape index (κ2) is 8.23. The SMILES string of the molecule is C[C@@H](O)[C@H]1C(=O)N2C(C(=O)OCc3ccc([N+](=O)[O-])cc3)=C(C3=CCSCC3)C[C@H]12. The number of carbonyl (C=O) groups is 2. The monoisotopic (exact) mass is 430 g/mol. The third-order valence-electron chi connectivity index (χ3n) is 5.79. The zero-order chi connectivity index (χ0) is 21.4. The molecule has 3 aliphatic heterocycles. The molecule has 1 aromatic carbocycles. The van der Waals surface area contributed by atoms with Crippen LogP contribution in [0.25, 0.3) is 0 Å². The summed E-state index contributed by atoms with van der Waals surface area (Å²) < 4.78 is 5.47. The number of benzene rings is 1. The normalized spacial score (nSPS) is 24.1. The van der Waals surface area contributed by atoms with Crippen LogP contribution < -0.4 is 0 Å². The number of carbonyl (C=O) groups excluding carboxylic acids is 2. The highest BCUT2D eigenvalue weighted by Gasteiger charge is 2.57. The number of nitro groups is 1. The highest BCUT2D eigenvalue weighted by atomic mass is 32.2. The molecule has 1 aromatic rings. The van der Waals surface area contributed by atoms with E-state index in [9.17, 15) is 24.8 Å². The van der Waals surface area contributed by atoms with E-state index in [-0.39, 0.29) is 29.9 Å². The second-order valence-electron chi connectivity index (χ2n) is 7.63. The van der Waals surface area contributed by atoms with Gasteiger partial charge in [0.1, 0.15) is 12.3 Å². The number of non-ortho nitro benzene ring substituents is 1. The molecule has 1 N–H and O–H groups in total. The van der Waals surface area contributed by atoms with Gasteiger partial charge in [0.25, 0.3) is 5.69 Å². The first-order valence-corrected chi connectivity index (χ1v) is 11.0. The first-order chi connectivity index (χ1) is 14.4. The van der Waals surface area contributed by atoms with Crippen molar-refractivity contribution in [3.05, 3.63) is 62.9 Å². The van der Waals surface area contributed by atoms with Crippen LogP contribution in [0.5, 0.6) is 0 Å². The Hall–Kier alpha value is -2.65. The number of nitrogens with zero attached hydrogens (tertiary/aromatic N) is 2. The van der Waals surface area contributed by atoms with Crippen molar-refractivity contribution in [1.82, 2.24) is 4.90 Å². The average molecular weight is 430 g/mol. The zero-order valence-corrected chi connectivity index (χ0v) is 17.3. The standard InChI is InChI=1S/C21H22N2O6S/c1-12(24)18-17-10-16(14-6-8-30-9-7-14)19(22(17)20(18)25)21(26)29-11-13-2-4-15(5-3-13)23(27)28/h2-6,12,17-18,24H,7-11H2,1H3/t12-,17-,18-/m1/s1. The molecule has 9 heteroatoms. The molecule has 0 aromatic heterocycles. The molecule has 8 nitrogen and oxygen atoms in total. The highest BCUT2D eigenvalue weighted by molar-refractivity contribution is 7.99. The molecule has 0 aliphatic carbocycles. The summed E-state index contributed by atoms with van der Waals surface area (Å²) in [5, 5.41) is 20.7. The summed E-state index contributed by atoms with van der Waals surface area (Å²) in [6.07, 6.45) is 2.69. The third kappa shape index (κ3) is 3.63. The van der Waals surface area contributed by atoms with Crippen molar-refractivity contribution >= 4 is 29.3 Å². The summed E-state index contributed by atoms with van der Waals surface area (Å²) in [6, 6.07) is 5.57. The average Bonchev–Trinajstić information content (AvgIpc) is 3.07. The minimum Gasteiger partial charge on any atom is -0.456 e. The Morgan fingerprint density at radius 2 is 2.13 bits per heavy atom. The maximum Gasteiger partial charge on any atom is 0.355 e. The van der Waals surface area contributed by atoms with E-state index in [1.807, 2.05) is 11.8 Å². The number of fused-ring (bicyclic) bond motifs is 1. The first-order valence-electron chi connectivity index (χ1n) is 9.80. The van der Waals surface area contributed by atoms with Crippen molar-refractivity contribution in [1.29, 1.82) is 0 Å². The molecule has 1 saturated heterocycles. The topological polar surface area (TPSA) is 110 Å². The molecule has 4 rings (SSSR count). The van der Waals surface area contributed by atoms with Gasteiger partial charge in [-0.3, -0.25) is 14.9 Å². The van der Waals surface area contributed by atoms with Crippen LogP contribution in [0.3, 0.4) is 0 Å². The Morgan fingerprint density at radius 1 is 1.40 bits per heavy atom. The second-order valence-corrected chi connectivity index (χ2v) is 8.78. The molecule has 30 heavy (non-hydrogen) atoms. The minimum atomic E-state index is -0.772. The van der Waals surface area contributed by atoms with Gasteiger partial charge in [-0.25, -0.2) is 4.79 Å². The van der Waals surface area contributed by atoms with Crippen molar-refractivity contribution in [3.63, 3.8) is 0 Å². The van der Waals surface area contributed by atoms with E-state index in [0.717, 1.165) is 29.1 Å². The lowest BCUT2D eigenvalue weighted by Crippen LogP contribution is -2.61. The molecular weight excluding hydrogens is 408 g/mol. The van der Waals surface area contributed by atoms with E-state index in [2.05, 4.69) is 6.08 Å². The van der Waals surface area contributed by atoms with Crippen molar-refractivity contribution < 1.29 is 24.4 Å². The summed E-state index contributed by atoms with van der Waals surface area (Å²) in [5.74, 6) is 0.486. The van der Waals surface area contributed by atoms with Gasteiger partial charge < -0.3 is 14.7 Å². The van der Waals surface area contributed by atoms with Crippen LogP contribution >= 0.6 is 11.8 Å². The van der Waals surface area contributed by atoms with E-state index in [1.165, 1.54) is 29.2 Å². The van der Waals surface area contributed by atoms with Gasteiger partial charge in [-0.05, 0) is 54.4 Å². The summed E-state index contributed by atoms with van der Waals surface area (Å²) in [4.78, 5) is 37.4. The van der Waals surface area contributed by atoms with Crippen molar-refractivity contribution in [2.45, 2.75) is 38.5 Å². The number of nitro benzene ring substituents is 1. The fourth-order valence-corrected chi connectivity index (χ4v) is 5.13. The van der Waals surface area contributed by atoms with E-state index < -0.39 is 22.9 Å². The fourth-order valence-electron chi connectivity index (χ4n) is 4.28. The Bertz CT molecular complexity index is 953. The lowest BCUT2D eigenvalue weighted by atomic mass is 9.82. The van der Waals surface area contributed by atoms with Gasteiger partial charge in [-0.2, -0.15) is 11.8 Å². The van der Waals surface area contributed by atoms with Crippen molar-refractivity contribution in [3.8, 4) is 0 Å². The van der Waals surface area contributed by atoms with E-state index in [4.69, 9.17) is 4.74 Å². The molecule has 1 fully saturated rings. The molecule has 0 spiro atoms. The molecule has 0 saturated carbocycles. The van der Waals surface area contributed by atoms with Crippen LogP contribution in [0.1, 0.15) is 25.3 Å². The number of β-lactam (4-membered cyclic amide) rings is 1. The number of hydrogen-bond donors (Lipinski definition) is 1. The number of esters is 1. The van der Waals surface area contributed by atoms with Gasteiger partial charge in [-0.1, -0.05) is 6.08 Å². The molecule has 3 atom stereocenters. The van der Waals surface area contributed by atoms with Crippen LogP contribution in [-0.2, 0) is 20.9 Å². The number of aliphatic hydroxyl groups excluding tert-OH is 1. The predicted molar refractivity (Wildman–Crippen MR) is 110 cm³/mol. The van der Waals surface area contributed by atoms with Gasteiger partial charge >= 0.3 is 5.97 Å². The number of ether oxygens (including phenoxy) is 1. The predicted octanol–water partition coefficient (Wildman–Crippen LogP) is 2.57. The van der Waals surface area contributed by atoms with Crippen LogP contribution in [0.15, 0.2) is 47.2 Å². The molecular formula is C21H22N2O6S. The number of hydrogen-bond acceptors (Lipinski definition) is 7. The molecule has 0 unspecified atom stereocenters. The number of allylic oxidation sites excluding steroid dienone is 1. The Balaban J connectivity index is 1.55. The molecule has 3 aliphatic rings. The van der Waals surface area contributed by atoms with Gasteiger partial charge in [0, 0.05) is 17.9 Å². The third-order valence-corrected chi connectivity index (χ3v) is 6.69. The van der Waals surface area contributed by atoms with Crippen LogP contribution in [0.4, 0.5) is 5.69 Å². The quantitative estimate of drug-likeness (QED) is 0.320. The Labute approximate surface area is 177 Å². The molecule has 1 amide bonds. The lowest BCUT2D eigenvalue weighted by molar-refractivity contribution is -0.384. The number of aliphatic hydroxyl groups is 1. The number of rotatable bonds is 6. The number of amides is 1. The fraction of sp³-hybridized carbons (Fsp3) is 0.429. The van der Waals surface area contributed by atoms with Gasteiger partial charge in [-0.15, -0.1) is 0 Å². The van der Waals surface area contributed by atoms with E-state index in [1.54, 1.807) is 6.92 Å². The van der Waals surface area contributed by atoms with E-state index >= 15 is 0 Å². The lowest BCUT2D eigenvalue weighted by Gasteiger charge is -2.44. The number of thioether (sulfide) groups is 1. The van der Waals surface area contributed by atoms with Crippen LogP contribution in [0, 0.1) is 16.0 Å². The molecule has 3 heterocycles. The largest absolute Gasteiger partial charge is 0.456 e. The summed E-state index contributed by atoms with van der Waals surface area (Å²) in [5.41, 5.74) is 2.77. The smallest absolute Gasteiger partial charge is 0.355 e. The van der Waals surface area contributed by atoms with Crippen LogP contribution in [0.2, 0.25) is 0 Å². The van der Waals surface area contributed by atoms with Gasteiger partial charge in [0.15, 0.2) is 0 Å². The van der Waals surface area contributed by atoms with Gasteiger partial charge in [0.2, 0.25) is 5.91 Å². The van der Waals surface area contributed by atoms with Crippen molar-refractivity contribution in [2.24, 2.45) is 5.92 Å². The first kappa shape index (κ1) is 20.6. The maximum absolute atomic E-state index is 13.0. The molecule has 0 radical (unpaired) electrons. The van der Waals surface area contributed by atoms with E-state index in [0.29, 0.717) is 12.0 Å². The zero-order valence-electron chi connectivity index (χ0n) is 16.4. The highest BCUT2D eigenvalue weighted by Crippen LogP contribution is 2.47. The molecule has 158 valence electrons. The minimum absolute atomic E-state index is 0.0360. The van der Waals surface area contributed by atoms with Crippen LogP contribution in [-0.4, -0.2) is 50.5 Å². The molecule has 0 bridgehead atoms. The van der Waals surface area contributed by atoms with Crippen molar-refractivity contribution in [2.75, 3.05) is 11.5 Å². The summed E-state index contributed by atoms with van der Waals surface area (Å²) in [7, 11) is 0. The van der Waals surface area contributed by atoms with Gasteiger partial charge in [0.05, 0.1) is 23.0 Å². The Morgan fingerprint density at radius 3 is 2.73 bits per heavy atom.